The highest BCUT2D eigenvalue weighted by molar-refractivity contribution is 7.93. The molecule has 1 aromatic rings. The van der Waals surface area contributed by atoms with Crippen molar-refractivity contribution in [1.29, 1.82) is 0 Å². The third-order valence-corrected chi connectivity index (χ3v) is 6.97. The summed E-state index contributed by atoms with van der Waals surface area (Å²) in [7, 11) is -2.99. The van der Waals surface area contributed by atoms with Crippen molar-refractivity contribution < 1.29 is 13.5 Å². The van der Waals surface area contributed by atoms with Crippen LogP contribution in [0.15, 0.2) is 18.3 Å². The third-order valence-electron chi connectivity index (χ3n) is 4.30. The summed E-state index contributed by atoms with van der Waals surface area (Å²) in [6.45, 7) is 1.88. The second-order valence-corrected chi connectivity index (χ2v) is 8.05. The highest BCUT2D eigenvalue weighted by Gasteiger charge is 2.53. The topological polar surface area (TPSA) is 67.3 Å². The van der Waals surface area contributed by atoms with E-state index < -0.39 is 15.4 Å². The molecule has 2 saturated heterocycles. The highest BCUT2D eigenvalue weighted by Crippen LogP contribution is 2.47. The minimum absolute atomic E-state index is 0.329. The van der Waals surface area contributed by atoms with E-state index in [4.69, 9.17) is 0 Å². The molecule has 2 bridgehead atoms. The summed E-state index contributed by atoms with van der Waals surface area (Å²) in [5.74, 6) is 0. The predicted molar refractivity (Wildman–Crippen MR) is 67.8 cm³/mol. The van der Waals surface area contributed by atoms with Crippen LogP contribution in [0.1, 0.15) is 36.9 Å². The molecule has 2 unspecified atom stereocenters. The van der Waals surface area contributed by atoms with E-state index >= 15 is 0 Å². The molecular weight excluding hydrogens is 250 g/mol. The number of hydrogen-bond acceptors (Lipinski definition) is 4. The van der Waals surface area contributed by atoms with Gasteiger partial charge in [0.1, 0.15) is 0 Å². The Bertz CT molecular complexity index is 562. The van der Waals surface area contributed by atoms with Crippen LogP contribution < -0.4 is 0 Å². The van der Waals surface area contributed by atoms with Crippen molar-refractivity contribution in [3.63, 3.8) is 0 Å². The predicted octanol–water partition coefficient (Wildman–Crippen LogP) is 1.32. The summed E-state index contributed by atoms with van der Waals surface area (Å²) in [4.78, 5) is 4.12. The summed E-state index contributed by atoms with van der Waals surface area (Å²) < 4.78 is 24.1. The fourth-order valence-corrected chi connectivity index (χ4v) is 5.81. The molecule has 0 radical (unpaired) electrons. The summed E-state index contributed by atoms with van der Waals surface area (Å²) in [6, 6.07) is 3.65. The van der Waals surface area contributed by atoms with Gasteiger partial charge < -0.3 is 5.11 Å². The van der Waals surface area contributed by atoms with E-state index in [9.17, 15) is 13.5 Å². The molecule has 0 spiro atoms. The number of sulfone groups is 1. The molecule has 3 rings (SSSR count). The van der Waals surface area contributed by atoms with Crippen LogP contribution >= 0.6 is 0 Å². The third kappa shape index (κ3) is 1.68. The van der Waals surface area contributed by atoms with Gasteiger partial charge in [-0.05, 0) is 50.3 Å². The number of fused-ring (bicyclic) bond motifs is 2. The van der Waals surface area contributed by atoms with E-state index in [2.05, 4.69) is 4.98 Å². The molecule has 1 aromatic heterocycles. The van der Waals surface area contributed by atoms with Crippen molar-refractivity contribution in [2.24, 2.45) is 0 Å². The van der Waals surface area contributed by atoms with Gasteiger partial charge in [0.2, 0.25) is 0 Å². The second-order valence-electron chi connectivity index (χ2n) is 5.54. The van der Waals surface area contributed by atoms with E-state index in [0.29, 0.717) is 25.7 Å². The molecule has 0 saturated carbocycles. The van der Waals surface area contributed by atoms with Gasteiger partial charge in [0, 0.05) is 11.9 Å². The van der Waals surface area contributed by atoms with Gasteiger partial charge >= 0.3 is 0 Å². The van der Waals surface area contributed by atoms with Crippen molar-refractivity contribution in [2.75, 3.05) is 0 Å². The molecule has 1 N–H and O–H groups in total. The number of nitrogens with zero attached hydrogens (tertiary/aromatic N) is 1. The molecule has 2 aliphatic rings. The van der Waals surface area contributed by atoms with E-state index in [1.54, 1.807) is 12.3 Å². The number of aliphatic hydroxyl groups is 1. The van der Waals surface area contributed by atoms with Crippen molar-refractivity contribution in [1.82, 2.24) is 4.98 Å². The van der Waals surface area contributed by atoms with E-state index in [1.165, 1.54) is 0 Å². The van der Waals surface area contributed by atoms with Crippen LogP contribution in [0.3, 0.4) is 0 Å². The van der Waals surface area contributed by atoms with Crippen LogP contribution in [0, 0.1) is 6.92 Å². The van der Waals surface area contributed by atoms with Gasteiger partial charge in [-0.2, -0.15) is 0 Å². The minimum atomic E-state index is -2.99. The Morgan fingerprint density at radius 1 is 1.33 bits per heavy atom. The zero-order valence-corrected chi connectivity index (χ0v) is 11.2. The first-order valence-electron chi connectivity index (χ1n) is 6.30. The van der Waals surface area contributed by atoms with Gasteiger partial charge in [0.25, 0.3) is 0 Å². The van der Waals surface area contributed by atoms with Gasteiger partial charge in [0.05, 0.1) is 16.1 Å². The fraction of sp³-hybridized carbons (Fsp3) is 0.615. The van der Waals surface area contributed by atoms with Crippen LogP contribution in [0.2, 0.25) is 0 Å². The number of aryl methyl sites for hydroxylation is 1. The fourth-order valence-electron chi connectivity index (χ4n) is 3.32. The zero-order chi connectivity index (χ0) is 13.0. The molecule has 0 amide bonds. The first-order chi connectivity index (χ1) is 8.42. The van der Waals surface area contributed by atoms with Crippen LogP contribution in [-0.4, -0.2) is 29.0 Å². The van der Waals surface area contributed by atoms with Gasteiger partial charge in [-0.1, -0.05) is 0 Å². The van der Waals surface area contributed by atoms with Crippen molar-refractivity contribution in [3.05, 3.63) is 29.6 Å². The van der Waals surface area contributed by atoms with Gasteiger partial charge in [0.15, 0.2) is 9.84 Å². The second kappa shape index (κ2) is 3.78. The smallest absolute Gasteiger partial charge is 0.156 e. The van der Waals surface area contributed by atoms with E-state index in [-0.39, 0.29) is 10.5 Å². The summed E-state index contributed by atoms with van der Waals surface area (Å²) in [5, 5.41) is 10.1. The molecule has 18 heavy (non-hydrogen) atoms. The Balaban J connectivity index is 2.00. The molecule has 4 nitrogen and oxygen atoms in total. The number of hydrogen-bond donors (Lipinski definition) is 1. The maximum Gasteiger partial charge on any atom is 0.156 e. The Morgan fingerprint density at radius 3 is 2.50 bits per heavy atom. The quantitative estimate of drug-likeness (QED) is 0.833. The maximum absolute atomic E-state index is 12.0. The number of rotatable bonds is 1. The highest BCUT2D eigenvalue weighted by atomic mass is 32.2. The Morgan fingerprint density at radius 2 is 1.94 bits per heavy atom. The summed E-state index contributed by atoms with van der Waals surface area (Å²) in [5.41, 5.74) is 0.661. The largest absolute Gasteiger partial charge is 0.385 e. The molecule has 0 aromatic carbocycles. The normalized spacial score (nSPS) is 37.7. The van der Waals surface area contributed by atoms with Gasteiger partial charge in [-0.15, -0.1) is 0 Å². The molecular formula is C13H17NO3S. The maximum atomic E-state index is 12.0. The summed E-state index contributed by atoms with van der Waals surface area (Å²) in [6.07, 6.45) is 3.72. The van der Waals surface area contributed by atoms with Gasteiger partial charge in [-0.25, -0.2) is 8.42 Å². The first-order valence-corrected chi connectivity index (χ1v) is 7.91. The van der Waals surface area contributed by atoms with Crippen LogP contribution in [0.5, 0.6) is 0 Å². The lowest BCUT2D eigenvalue weighted by molar-refractivity contribution is 0.0172. The minimum Gasteiger partial charge on any atom is -0.385 e. The van der Waals surface area contributed by atoms with Crippen LogP contribution in [0.25, 0.3) is 0 Å². The van der Waals surface area contributed by atoms with Crippen molar-refractivity contribution >= 4 is 9.84 Å². The Hall–Kier alpha value is -0.940. The molecule has 0 aliphatic carbocycles. The monoisotopic (exact) mass is 267 g/mol. The lowest BCUT2D eigenvalue weighted by Crippen LogP contribution is -2.43. The van der Waals surface area contributed by atoms with Crippen molar-refractivity contribution in [2.45, 2.75) is 48.7 Å². The van der Waals surface area contributed by atoms with E-state index in [0.717, 1.165) is 11.3 Å². The molecule has 3 heterocycles. The molecule has 2 aliphatic heterocycles. The van der Waals surface area contributed by atoms with Gasteiger partial charge in [-0.3, -0.25) is 4.98 Å². The molecule has 98 valence electrons. The summed E-state index contributed by atoms with van der Waals surface area (Å²) >= 11 is 0. The standard InChI is InChI=1S/C13H17NO3S/c1-9-6-10(4-5-14-9)13(15)7-11-2-3-12(8-13)18(11,16)17/h4-6,11-12,15H,2-3,7-8H2,1H3. The lowest BCUT2D eigenvalue weighted by Gasteiger charge is -2.36. The number of pyridine rings is 1. The lowest BCUT2D eigenvalue weighted by atomic mass is 9.86. The zero-order valence-electron chi connectivity index (χ0n) is 10.3. The van der Waals surface area contributed by atoms with Crippen LogP contribution in [-0.2, 0) is 15.4 Å². The number of aromatic nitrogens is 1. The SMILES string of the molecule is Cc1cc(C2(O)CC3CCC(C2)S3(=O)=O)ccn1. The average Bonchev–Trinajstić information content (AvgIpc) is 2.51. The van der Waals surface area contributed by atoms with E-state index in [1.807, 2.05) is 13.0 Å². The molecule has 5 heteroatoms. The Kier molecular flexibility index (Phi) is 2.54. The molecule has 2 fully saturated rings. The average molecular weight is 267 g/mol. The van der Waals surface area contributed by atoms with Crippen molar-refractivity contribution in [3.8, 4) is 0 Å². The molecule has 2 atom stereocenters. The van der Waals surface area contributed by atoms with Crippen LogP contribution in [0.4, 0.5) is 0 Å². The first kappa shape index (κ1) is 12.1. The Labute approximate surface area is 107 Å².